The Kier molecular flexibility index (Phi) is 7.14. The molecule has 0 fully saturated rings. The Morgan fingerprint density at radius 1 is 1.33 bits per heavy atom. The van der Waals surface area contributed by atoms with Gasteiger partial charge < -0.3 is 15.5 Å². The van der Waals surface area contributed by atoms with Crippen LogP contribution in [0.15, 0.2) is 18.2 Å². The predicted octanol–water partition coefficient (Wildman–Crippen LogP) is 1.68. The summed E-state index contributed by atoms with van der Waals surface area (Å²) in [5.74, 6) is -1.39. The van der Waals surface area contributed by atoms with E-state index in [-0.39, 0.29) is 35.3 Å². The highest BCUT2D eigenvalue weighted by Gasteiger charge is 2.13. The van der Waals surface area contributed by atoms with Crippen molar-refractivity contribution in [1.82, 2.24) is 4.90 Å². The van der Waals surface area contributed by atoms with Crippen LogP contribution in [-0.2, 0) is 4.79 Å². The van der Waals surface area contributed by atoms with Gasteiger partial charge in [-0.2, -0.15) is 0 Å². The van der Waals surface area contributed by atoms with E-state index in [1.165, 1.54) is 18.2 Å². The van der Waals surface area contributed by atoms with Gasteiger partial charge in [-0.3, -0.25) is 9.69 Å². The van der Waals surface area contributed by atoms with Crippen LogP contribution in [0.5, 0.6) is 0 Å². The number of benzene rings is 1. The second-order valence-corrected chi connectivity index (χ2v) is 4.95. The molecule has 0 aliphatic carbocycles. The van der Waals surface area contributed by atoms with Gasteiger partial charge in [-0.25, -0.2) is 4.79 Å². The summed E-state index contributed by atoms with van der Waals surface area (Å²) in [6.45, 7) is 3.17. The molecule has 0 atom stereocenters. The van der Waals surface area contributed by atoms with Crippen LogP contribution in [0.3, 0.4) is 0 Å². The number of carboxylic acids is 1. The second kappa shape index (κ2) is 8.61. The van der Waals surface area contributed by atoms with Gasteiger partial charge >= 0.3 is 5.97 Å². The van der Waals surface area contributed by atoms with Gasteiger partial charge in [0.25, 0.3) is 0 Å². The van der Waals surface area contributed by atoms with Gasteiger partial charge in [0.1, 0.15) is 0 Å². The summed E-state index contributed by atoms with van der Waals surface area (Å²) in [5.41, 5.74) is 0.317. The summed E-state index contributed by atoms with van der Waals surface area (Å²) in [6, 6.07) is 4.12. The van der Waals surface area contributed by atoms with Crippen molar-refractivity contribution in [3.8, 4) is 0 Å². The standard InChI is InChI=1S/C14H19ClN2O4/c1-2-5-17(6-7-18)9-13(19)16-12-8-10(14(20)21)3-4-11(12)15/h3-4,8,18H,2,5-7,9H2,1H3,(H,16,19)(H,20,21). The molecule has 0 saturated carbocycles. The summed E-state index contributed by atoms with van der Waals surface area (Å²) in [6.07, 6.45) is 0.864. The van der Waals surface area contributed by atoms with Gasteiger partial charge in [0.2, 0.25) is 5.91 Å². The summed E-state index contributed by atoms with van der Waals surface area (Å²) in [7, 11) is 0. The molecule has 1 rings (SSSR count). The zero-order chi connectivity index (χ0) is 15.8. The molecule has 0 aliphatic rings. The third-order valence-corrected chi connectivity index (χ3v) is 3.14. The molecule has 3 N–H and O–H groups in total. The van der Waals surface area contributed by atoms with Crippen LogP contribution in [0, 0.1) is 0 Å². The lowest BCUT2D eigenvalue weighted by molar-refractivity contribution is -0.117. The fourth-order valence-corrected chi connectivity index (χ4v) is 2.04. The molecule has 7 heteroatoms. The van der Waals surface area contributed by atoms with E-state index in [2.05, 4.69) is 5.32 Å². The molecule has 0 heterocycles. The lowest BCUT2D eigenvalue weighted by Crippen LogP contribution is -2.35. The van der Waals surface area contributed by atoms with E-state index < -0.39 is 5.97 Å². The van der Waals surface area contributed by atoms with Crippen molar-refractivity contribution in [1.29, 1.82) is 0 Å². The smallest absolute Gasteiger partial charge is 0.335 e. The van der Waals surface area contributed by atoms with Crippen molar-refractivity contribution >= 4 is 29.2 Å². The van der Waals surface area contributed by atoms with Crippen molar-refractivity contribution in [3.63, 3.8) is 0 Å². The number of halogens is 1. The largest absolute Gasteiger partial charge is 0.478 e. The molecule has 0 saturated heterocycles. The first-order valence-corrected chi connectivity index (χ1v) is 7.01. The molecular weight excluding hydrogens is 296 g/mol. The zero-order valence-corrected chi connectivity index (χ0v) is 12.6. The minimum Gasteiger partial charge on any atom is -0.478 e. The molecular formula is C14H19ClN2O4. The third kappa shape index (κ3) is 5.71. The van der Waals surface area contributed by atoms with E-state index in [9.17, 15) is 9.59 Å². The first-order chi connectivity index (χ1) is 9.97. The molecule has 0 aliphatic heterocycles. The van der Waals surface area contributed by atoms with Gasteiger partial charge in [0.15, 0.2) is 0 Å². The van der Waals surface area contributed by atoms with Gasteiger partial charge in [0.05, 0.1) is 29.4 Å². The monoisotopic (exact) mass is 314 g/mol. The summed E-state index contributed by atoms with van der Waals surface area (Å²) < 4.78 is 0. The molecule has 0 aromatic heterocycles. The molecule has 0 bridgehead atoms. The number of anilines is 1. The molecule has 1 amide bonds. The molecule has 0 radical (unpaired) electrons. The maximum absolute atomic E-state index is 12.0. The zero-order valence-electron chi connectivity index (χ0n) is 11.8. The van der Waals surface area contributed by atoms with Crippen LogP contribution in [0.1, 0.15) is 23.7 Å². The van der Waals surface area contributed by atoms with Gasteiger partial charge in [0, 0.05) is 6.54 Å². The maximum atomic E-state index is 12.0. The highest BCUT2D eigenvalue weighted by molar-refractivity contribution is 6.33. The Hall–Kier alpha value is -1.63. The van der Waals surface area contributed by atoms with E-state index in [0.717, 1.165) is 6.42 Å². The first kappa shape index (κ1) is 17.4. The van der Waals surface area contributed by atoms with Crippen molar-refractivity contribution in [2.75, 3.05) is 31.6 Å². The van der Waals surface area contributed by atoms with Crippen LogP contribution in [0.2, 0.25) is 5.02 Å². The average molecular weight is 315 g/mol. The molecule has 1 aromatic carbocycles. The number of carboxylic acid groups (broad SMARTS) is 1. The van der Waals surface area contributed by atoms with Crippen molar-refractivity contribution in [2.24, 2.45) is 0 Å². The van der Waals surface area contributed by atoms with Crippen LogP contribution < -0.4 is 5.32 Å². The van der Waals surface area contributed by atoms with Gasteiger partial charge in [-0.1, -0.05) is 18.5 Å². The molecule has 1 aromatic rings. The highest BCUT2D eigenvalue weighted by atomic mass is 35.5. The number of hydrogen-bond donors (Lipinski definition) is 3. The SMILES string of the molecule is CCCN(CCO)CC(=O)Nc1cc(C(=O)O)ccc1Cl. The van der Waals surface area contributed by atoms with Crippen LogP contribution >= 0.6 is 11.6 Å². The van der Waals surface area contributed by atoms with Crippen molar-refractivity contribution in [2.45, 2.75) is 13.3 Å². The van der Waals surface area contributed by atoms with Gasteiger partial charge in [-0.05, 0) is 31.2 Å². The normalized spacial score (nSPS) is 10.7. The summed E-state index contributed by atoms with van der Waals surface area (Å²) >= 11 is 5.94. The fourth-order valence-electron chi connectivity index (χ4n) is 1.87. The van der Waals surface area contributed by atoms with E-state index in [0.29, 0.717) is 13.1 Å². The number of amides is 1. The predicted molar refractivity (Wildman–Crippen MR) is 80.9 cm³/mol. The molecule has 0 unspecified atom stereocenters. The first-order valence-electron chi connectivity index (χ1n) is 6.63. The number of carbonyl (C=O) groups is 2. The number of hydrogen-bond acceptors (Lipinski definition) is 4. The van der Waals surface area contributed by atoms with Crippen molar-refractivity contribution < 1.29 is 19.8 Å². The molecule has 6 nitrogen and oxygen atoms in total. The molecule has 21 heavy (non-hydrogen) atoms. The Balaban J connectivity index is 2.73. The highest BCUT2D eigenvalue weighted by Crippen LogP contribution is 2.23. The summed E-state index contributed by atoms with van der Waals surface area (Å²) in [4.78, 5) is 24.7. The van der Waals surface area contributed by atoms with Crippen molar-refractivity contribution in [3.05, 3.63) is 28.8 Å². The van der Waals surface area contributed by atoms with E-state index in [4.69, 9.17) is 21.8 Å². The van der Waals surface area contributed by atoms with Crippen LogP contribution in [0.25, 0.3) is 0 Å². The molecule has 116 valence electrons. The Morgan fingerprint density at radius 3 is 2.62 bits per heavy atom. The Morgan fingerprint density at radius 2 is 2.05 bits per heavy atom. The number of carbonyl (C=O) groups excluding carboxylic acids is 1. The van der Waals surface area contributed by atoms with E-state index in [1.807, 2.05) is 11.8 Å². The van der Waals surface area contributed by atoms with E-state index >= 15 is 0 Å². The number of aromatic carboxylic acids is 1. The van der Waals surface area contributed by atoms with Crippen LogP contribution in [0.4, 0.5) is 5.69 Å². The quantitative estimate of drug-likeness (QED) is 0.679. The molecule has 0 spiro atoms. The number of nitrogens with one attached hydrogen (secondary N) is 1. The third-order valence-electron chi connectivity index (χ3n) is 2.81. The minimum absolute atomic E-state index is 0.0253. The summed E-state index contributed by atoms with van der Waals surface area (Å²) in [5, 5.41) is 20.7. The minimum atomic E-state index is -1.09. The number of aliphatic hydroxyl groups is 1. The number of rotatable bonds is 8. The topological polar surface area (TPSA) is 89.9 Å². The average Bonchev–Trinajstić information content (AvgIpc) is 2.41. The Bertz CT molecular complexity index is 502. The van der Waals surface area contributed by atoms with Gasteiger partial charge in [-0.15, -0.1) is 0 Å². The van der Waals surface area contributed by atoms with Crippen LogP contribution in [-0.4, -0.2) is 53.2 Å². The maximum Gasteiger partial charge on any atom is 0.335 e. The fraction of sp³-hybridized carbons (Fsp3) is 0.429. The lowest BCUT2D eigenvalue weighted by Gasteiger charge is -2.20. The number of aliphatic hydroxyl groups excluding tert-OH is 1. The van der Waals surface area contributed by atoms with E-state index in [1.54, 1.807) is 0 Å². The number of nitrogens with zero attached hydrogens (tertiary/aromatic N) is 1. The Labute approximate surface area is 128 Å². The lowest BCUT2D eigenvalue weighted by atomic mass is 10.2. The second-order valence-electron chi connectivity index (χ2n) is 4.55.